The van der Waals surface area contributed by atoms with Gasteiger partial charge in [0, 0.05) is 20.5 Å². The molecule has 2 rings (SSSR count). The SMILES string of the molecule is CC(C)CSc1c(N)cnc2ccc(Br)cc12. The van der Waals surface area contributed by atoms with Crippen LogP contribution in [0.25, 0.3) is 10.9 Å². The molecule has 2 aromatic rings. The van der Waals surface area contributed by atoms with Gasteiger partial charge in [0.2, 0.25) is 0 Å². The molecule has 90 valence electrons. The van der Waals surface area contributed by atoms with Crippen LogP contribution in [0.4, 0.5) is 5.69 Å². The molecule has 17 heavy (non-hydrogen) atoms. The lowest BCUT2D eigenvalue weighted by Gasteiger charge is -2.10. The summed E-state index contributed by atoms with van der Waals surface area (Å²) < 4.78 is 1.06. The molecule has 0 saturated carbocycles. The van der Waals surface area contributed by atoms with E-state index in [1.165, 1.54) is 0 Å². The van der Waals surface area contributed by atoms with Crippen molar-refractivity contribution in [3.63, 3.8) is 0 Å². The molecule has 0 amide bonds. The number of fused-ring (bicyclic) bond motifs is 1. The topological polar surface area (TPSA) is 38.9 Å². The van der Waals surface area contributed by atoms with Gasteiger partial charge in [0.25, 0.3) is 0 Å². The molecule has 0 saturated heterocycles. The maximum absolute atomic E-state index is 6.02. The summed E-state index contributed by atoms with van der Waals surface area (Å²) in [5, 5.41) is 1.13. The summed E-state index contributed by atoms with van der Waals surface area (Å²) >= 11 is 5.30. The van der Waals surface area contributed by atoms with Crippen molar-refractivity contribution < 1.29 is 0 Å². The van der Waals surface area contributed by atoms with Gasteiger partial charge in [-0.3, -0.25) is 4.98 Å². The van der Waals surface area contributed by atoms with Crippen LogP contribution in [0.15, 0.2) is 33.8 Å². The number of nitrogens with zero attached hydrogens (tertiary/aromatic N) is 1. The van der Waals surface area contributed by atoms with Crippen LogP contribution >= 0.6 is 27.7 Å². The second-order valence-electron chi connectivity index (χ2n) is 4.41. The zero-order chi connectivity index (χ0) is 12.4. The van der Waals surface area contributed by atoms with E-state index in [-0.39, 0.29) is 0 Å². The van der Waals surface area contributed by atoms with Gasteiger partial charge in [0.1, 0.15) is 0 Å². The van der Waals surface area contributed by atoms with Crippen LogP contribution in [0.5, 0.6) is 0 Å². The number of nitrogens with two attached hydrogens (primary N) is 1. The molecule has 0 spiro atoms. The third kappa shape index (κ3) is 2.93. The minimum Gasteiger partial charge on any atom is -0.397 e. The van der Waals surface area contributed by atoms with Crippen LogP contribution in [0.3, 0.4) is 0 Å². The largest absolute Gasteiger partial charge is 0.397 e. The van der Waals surface area contributed by atoms with Crippen molar-refractivity contribution in [1.82, 2.24) is 4.98 Å². The van der Waals surface area contributed by atoms with Crippen LogP contribution in [0.1, 0.15) is 13.8 Å². The standard InChI is InChI=1S/C13H15BrN2S/c1-8(2)7-17-13-10-5-9(14)3-4-12(10)16-6-11(13)15/h3-6,8H,7,15H2,1-2H3. The molecule has 1 aromatic heterocycles. The fourth-order valence-electron chi connectivity index (χ4n) is 1.57. The van der Waals surface area contributed by atoms with Crippen LogP contribution < -0.4 is 5.73 Å². The highest BCUT2D eigenvalue weighted by atomic mass is 79.9. The predicted octanol–water partition coefficient (Wildman–Crippen LogP) is 4.33. The summed E-state index contributed by atoms with van der Waals surface area (Å²) in [5.41, 5.74) is 7.78. The van der Waals surface area contributed by atoms with Crippen molar-refractivity contribution >= 4 is 44.3 Å². The number of aromatic nitrogens is 1. The minimum absolute atomic E-state index is 0.648. The van der Waals surface area contributed by atoms with E-state index in [0.29, 0.717) is 5.92 Å². The van der Waals surface area contributed by atoms with Crippen molar-refractivity contribution in [3.8, 4) is 0 Å². The van der Waals surface area contributed by atoms with Gasteiger partial charge in [-0.15, -0.1) is 11.8 Å². The van der Waals surface area contributed by atoms with Crippen molar-refractivity contribution in [2.45, 2.75) is 18.7 Å². The summed E-state index contributed by atoms with van der Waals surface area (Å²) in [4.78, 5) is 5.49. The van der Waals surface area contributed by atoms with E-state index in [0.717, 1.165) is 31.7 Å². The van der Waals surface area contributed by atoms with Crippen LogP contribution in [0.2, 0.25) is 0 Å². The van der Waals surface area contributed by atoms with Crippen LogP contribution in [0, 0.1) is 5.92 Å². The first-order valence-electron chi connectivity index (χ1n) is 5.54. The van der Waals surface area contributed by atoms with Crippen LogP contribution in [-0.2, 0) is 0 Å². The highest BCUT2D eigenvalue weighted by Gasteiger charge is 2.08. The molecule has 0 aliphatic heterocycles. The molecular weight excluding hydrogens is 296 g/mol. The van der Waals surface area contributed by atoms with Gasteiger partial charge in [0.15, 0.2) is 0 Å². The number of hydrogen-bond donors (Lipinski definition) is 1. The van der Waals surface area contributed by atoms with Gasteiger partial charge in [0.05, 0.1) is 17.4 Å². The highest BCUT2D eigenvalue weighted by molar-refractivity contribution is 9.10. The maximum atomic E-state index is 6.02. The van der Waals surface area contributed by atoms with E-state index in [4.69, 9.17) is 5.73 Å². The van der Waals surface area contributed by atoms with Gasteiger partial charge < -0.3 is 5.73 Å². The molecule has 1 aromatic carbocycles. The van der Waals surface area contributed by atoms with Gasteiger partial charge in [-0.2, -0.15) is 0 Å². The zero-order valence-electron chi connectivity index (χ0n) is 9.90. The molecule has 0 radical (unpaired) electrons. The minimum atomic E-state index is 0.648. The average Bonchev–Trinajstić information content (AvgIpc) is 2.27. The third-order valence-corrected chi connectivity index (χ3v) is 4.44. The zero-order valence-corrected chi connectivity index (χ0v) is 12.3. The molecule has 0 aliphatic carbocycles. The van der Waals surface area contributed by atoms with Crippen molar-refractivity contribution in [2.24, 2.45) is 5.92 Å². The normalized spacial score (nSPS) is 11.3. The second-order valence-corrected chi connectivity index (χ2v) is 6.35. The Hall–Kier alpha value is -0.740. The Balaban J connectivity index is 2.50. The Morgan fingerprint density at radius 1 is 1.41 bits per heavy atom. The van der Waals surface area contributed by atoms with Gasteiger partial charge in [-0.05, 0) is 24.1 Å². The molecule has 2 nitrogen and oxygen atoms in total. The Morgan fingerprint density at radius 2 is 2.18 bits per heavy atom. The summed E-state index contributed by atoms with van der Waals surface area (Å²) in [6.07, 6.45) is 1.75. The van der Waals surface area contributed by atoms with Crippen molar-refractivity contribution in [1.29, 1.82) is 0 Å². The second kappa shape index (κ2) is 5.27. The first-order valence-corrected chi connectivity index (χ1v) is 7.32. The maximum Gasteiger partial charge on any atom is 0.0715 e. The fraction of sp³-hybridized carbons (Fsp3) is 0.308. The summed E-state index contributed by atoms with van der Waals surface area (Å²) in [6, 6.07) is 6.10. The molecular formula is C13H15BrN2S. The van der Waals surface area contributed by atoms with E-state index < -0.39 is 0 Å². The number of thioether (sulfide) groups is 1. The number of hydrogen-bond acceptors (Lipinski definition) is 3. The summed E-state index contributed by atoms with van der Waals surface area (Å²) in [5.74, 6) is 1.71. The van der Waals surface area contributed by atoms with E-state index in [2.05, 4.69) is 40.8 Å². The number of anilines is 1. The molecule has 0 aliphatic rings. The highest BCUT2D eigenvalue weighted by Crippen LogP contribution is 2.34. The number of nitrogen functional groups attached to an aromatic ring is 1. The Kier molecular flexibility index (Phi) is 3.94. The molecule has 4 heteroatoms. The van der Waals surface area contributed by atoms with Gasteiger partial charge >= 0.3 is 0 Å². The molecule has 0 unspecified atom stereocenters. The lowest BCUT2D eigenvalue weighted by molar-refractivity contribution is 0.750. The fourth-order valence-corrected chi connectivity index (χ4v) is 2.97. The van der Waals surface area contributed by atoms with E-state index in [1.54, 1.807) is 6.20 Å². The first-order chi connectivity index (χ1) is 8.08. The summed E-state index contributed by atoms with van der Waals surface area (Å²) in [6.45, 7) is 4.42. The summed E-state index contributed by atoms with van der Waals surface area (Å²) in [7, 11) is 0. The van der Waals surface area contributed by atoms with E-state index in [9.17, 15) is 0 Å². The van der Waals surface area contributed by atoms with E-state index >= 15 is 0 Å². The van der Waals surface area contributed by atoms with Gasteiger partial charge in [-0.25, -0.2) is 0 Å². The molecule has 0 fully saturated rings. The number of pyridine rings is 1. The number of benzene rings is 1. The first kappa shape index (κ1) is 12.7. The molecule has 2 N–H and O–H groups in total. The van der Waals surface area contributed by atoms with Crippen LogP contribution in [-0.4, -0.2) is 10.7 Å². The van der Waals surface area contributed by atoms with Gasteiger partial charge in [-0.1, -0.05) is 29.8 Å². The lowest BCUT2D eigenvalue weighted by atomic mass is 10.2. The van der Waals surface area contributed by atoms with Crippen molar-refractivity contribution in [3.05, 3.63) is 28.9 Å². The van der Waals surface area contributed by atoms with Crippen molar-refractivity contribution in [2.75, 3.05) is 11.5 Å². The molecule has 0 atom stereocenters. The Morgan fingerprint density at radius 3 is 2.88 bits per heavy atom. The predicted molar refractivity (Wildman–Crippen MR) is 79.4 cm³/mol. The number of rotatable bonds is 3. The quantitative estimate of drug-likeness (QED) is 0.858. The smallest absolute Gasteiger partial charge is 0.0715 e. The third-order valence-electron chi connectivity index (χ3n) is 2.37. The number of halogens is 1. The molecule has 1 heterocycles. The monoisotopic (exact) mass is 310 g/mol. The van der Waals surface area contributed by atoms with E-state index in [1.807, 2.05) is 23.9 Å². The Labute approximate surface area is 114 Å². The molecule has 0 bridgehead atoms. The average molecular weight is 311 g/mol. The lowest BCUT2D eigenvalue weighted by Crippen LogP contribution is -1.96. The Bertz CT molecular complexity index is 535.